The van der Waals surface area contributed by atoms with Crippen molar-refractivity contribution in [1.29, 1.82) is 0 Å². The van der Waals surface area contributed by atoms with Crippen LogP contribution in [0.2, 0.25) is 0 Å². The van der Waals surface area contributed by atoms with Gasteiger partial charge in [0.15, 0.2) is 0 Å². The summed E-state index contributed by atoms with van der Waals surface area (Å²) < 4.78 is 6.01. The third-order valence-corrected chi connectivity index (χ3v) is 4.34. The number of hydrogen-bond acceptors (Lipinski definition) is 2. The molecule has 2 aliphatic carbocycles. The summed E-state index contributed by atoms with van der Waals surface area (Å²) in [6.07, 6.45) is 7.33. The molecule has 3 rings (SSSR count). The van der Waals surface area contributed by atoms with Gasteiger partial charge in [-0.1, -0.05) is 30.5 Å². The molecule has 2 nitrogen and oxygen atoms in total. The van der Waals surface area contributed by atoms with Crippen LogP contribution < -0.4 is 10.5 Å². The molecule has 1 aromatic carbocycles. The first-order valence-electron chi connectivity index (χ1n) is 7.20. The smallest absolute Gasteiger partial charge is 0.124 e. The first-order valence-corrected chi connectivity index (χ1v) is 7.20. The number of nitrogens with two attached hydrogens (primary N) is 1. The fourth-order valence-corrected chi connectivity index (χ4v) is 2.93. The van der Waals surface area contributed by atoms with Gasteiger partial charge < -0.3 is 10.5 Å². The van der Waals surface area contributed by atoms with Crippen LogP contribution in [0.4, 0.5) is 0 Å². The normalized spacial score (nSPS) is 22.1. The zero-order valence-corrected chi connectivity index (χ0v) is 11.2. The van der Waals surface area contributed by atoms with E-state index in [1.54, 1.807) is 0 Å². The predicted molar refractivity (Wildman–Crippen MR) is 73.7 cm³/mol. The molecule has 2 aliphatic rings. The molecular weight excluding hydrogens is 222 g/mol. The molecule has 2 fully saturated rings. The molecular formula is C16H23NO. The largest absolute Gasteiger partial charge is 0.493 e. The van der Waals surface area contributed by atoms with E-state index in [-0.39, 0.29) is 5.54 Å². The van der Waals surface area contributed by atoms with E-state index in [0.29, 0.717) is 0 Å². The van der Waals surface area contributed by atoms with E-state index in [2.05, 4.69) is 25.1 Å². The molecule has 0 bridgehead atoms. The van der Waals surface area contributed by atoms with Crippen LogP contribution in [0.25, 0.3) is 0 Å². The molecule has 0 amide bonds. The zero-order valence-electron chi connectivity index (χ0n) is 11.2. The molecule has 2 saturated carbocycles. The molecule has 0 spiro atoms. The quantitative estimate of drug-likeness (QED) is 0.881. The molecule has 0 aromatic heterocycles. The maximum Gasteiger partial charge on any atom is 0.124 e. The van der Waals surface area contributed by atoms with Crippen molar-refractivity contribution in [1.82, 2.24) is 0 Å². The van der Waals surface area contributed by atoms with E-state index < -0.39 is 0 Å². The SMILES string of the molecule is Cc1ccc(OCC2CC2)c(C2(N)CCCC2)c1. The van der Waals surface area contributed by atoms with E-state index in [4.69, 9.17) is 10.5 Å². The minimum absolute atomic E-state index is 0.148. The monoisotopic (exact) mass is 245 g/mol. The van der Waals surface area contributed by atoms with E-state index >= 15 is 0 Å². The van der Waals surface area contributed by atoms with Gasteiger partial charge in [0.1, 0.15) is 5.75 Å². The van der Waals surface area contributed by atoms with Crippen molar-refractivity contribution in [3.05, 3.63) is 29.3 Å². The maximum absolute atomic E-state index is 6.59. The summed E-state index contributed by atoms with van der Waals surface area (Å²) in [5.74, 6) is 1.81. The third kappa shape index (κ3) is 2.39. The first-order chi connectivity index (χ1) is 8.67. The minimum atomic E-state index is -0.148. The molecule has 18 heavy (non-hydrogen) atoms. The predicted octanol–water partition coefficient (Wildman–Crippen LogP) is 3.51. The van der Waals surface area contributed by atoms with Crippen LogP contribution in [0.5, 0.6) is 5.75 Å². The fraction of sp³-hybridized carbons (Fsp3) is 0.625. The highest BCUT2D eigenvalue weighted by atomic mass is 16.5. The third-order valence-electron chi connectivity index (χ3n) is 4.34. The van der Waals surface area contributed by atoms with Crippen LogP contribution in [-0.2, 0) is 5.54 Å². The summed E-state index contributed by atoms with van der Waals surface area (Å²) in [6, 6.07) is 6.47. The van der Waals surface area contributed by atoms with Crippen LogP contribution in [0.3, 0.4) is 0 Å². The van der Waals surface area contributed by atoms with Gasteiger partial charge in [0.05, 0.1) is 6.61 Å². The van der Waals surface area contributed by atoms with Gasteiger partial charge in [0.2, 0.25) is 0 Å². The molecule has 0 saturated heterocycles. The summed E-state index contributed by atoms with van der Waals surface area (Å²) in [5, 5.41) is 0. The van der Waals surface area contributed by atoms with Gasteiger partial charge in [0, 0.05) is 11.1 Å². The van der Waals surface area contributed by atoms with Gasteiger partial charge in [-0.15, -0.1) is 0 Å². The second-order valence-corrected chi connectivity index (χ2v) is 6.12. The Morgan fingerprint density at radius 2 is 2.00 bits per heavy atom. The Kier molecular flexibility index (Phi) is 3.06. The van der Waals surface area contributed by atoms with Crippen molar-refractivity contribution in [2.24, 2.45) is 11.7 Å². The van der Waals surface area contributed by atoms with Crippen molar-refractivity contribution >= 4 is 0 Å². The van der Waals surface area contributed by atoms with Gasteiger partial charge in [-0.25, -0.2) is 0 Å². The van der Waals surface area contributed by atoms with Crippen LogP contribution in [0.1, 0.15) is 49.7 Å². The van der Waals surface area contributed by atoms with Crippen molar-refractivity contribution < 1.29 is 4.74 Å². The summed E-state index contributed by atoms with van der Waals surface area (Å²) in [6.45, 7) is 3.00. The van der Waals surface area contributed by atoms with Crippen LogP contribution in [-0.4, -0.2) is 6.61 Å². The Labute approximate surface area is 110 Å². The van der Waals surface area contributed by atoms with E-state index in [1.165, 1.54) is 36.8 Å². The lowest BCUT2D eigenvalue weighted by Crippen LogP contribution is -2.33. The highest BCUT2D eigenvalue weighted by molar-refractivity contribution is 5.42. The zero-order chi connectivity index (χ0) is 12.6. The Morgan fingerprint density at radius 1 is 1.28 bits per heavy atom. The minimum Gasteiger partial charge on any atom is -0.493 e. The Morgan fingerprint density at radius 3 is 2.67 bits per heavy atom. The second-order valence-electron chi connectivity index (χ2n) is 6.12. The standard InChI is InChI=1S/C16H23NO/c1-12-4-7-15(18-11-13-5-6-13)14(10-12)16(17)8-2-3-9-16/h4,7,10,13H,2-3,5-6,8-9,11,17H2,1H3. The molecule has 1 aromatic rings. The van der Waals surface area contributed by atoms with Crippen molar-refractivity contribution in [2.45, 2.75) is 51.0 Å². The molecule has 98 valence electrons. The number of hydrogen-bond donors (Lipinski definition) is 1. The number of benzene rings is 1. The van der Waals surface area contributed by atoms with Crippen LogP contribution >= 0.6 is 0 Å². The fourth-order valence-electron chi connectivity index (χ4n) is 2.93. The van der Waals surface area contributed by atoms with E-state index in [0.717, 1.165) is 31.1 Å². The van der Waals surface area contributed by atoms with Crippen LogP contribution in [0, 0.1) is 12.8 Å². The molecule has 0 radical (unpaired) electrons. The van der Waals surface area contributed by atoms with Gasteiger partial charge >= 0.3 is 0 Å². The number of ether oxygens (including phenoxy) is 1. The average Bonchev–Trinajstić information content (AvgIpc) is 3.09. The topological polar surface area (TPSA) is 35.2 Å². The molecule has 0 heterocycles. The maximum atomic E-state index is 6.59. The summed E-state index contributed by atoms with van der Waals surface area (Å²) in [5.41, 5.74) is 8.96. The van der Waals surface area contributed by atoms with Gasteiger partial charge in [0.25, 0.3) is 0 Å². The molecule has 2 heteroatoms. The highest BCUT2D eigenvalue weighted by Gasteiger charge is 2.34. The van der Waals surface area contributed by atoms with Crippen LogP contribution in [0.15, 0.2) is 18.2 Å². The lowest BCUT2D eigenvalue weighted by molar-refractivity contribution is 0.287. The lowest BCUT2D eigenvalue weighted by Gasteiger charge is -2.27. The Balaban J connectivity index is 1.86. The number of aryl methyl sites for hydroxylation is 1. The van der Waals surface area contributed by atoms with Gasteiger partial charge in [-0.3, -0.25) is 0 Å². The molecule has 0 unspecified atom stereocenters. The molecule has 2 N–H and O–H groups in total. The molecule has 0 aliphatic heterocycles. The summed E-state index contributed by atoms with van der Waals surface area (Å²) >= 11 is 0. The Hall–Kier alpha value is -1.02. The first kappa shape index (κ1) is 12.0. The average molecular weight is 245 g/mol. The molecule has 0 atom stereocenters. The van der Waals surface area contributed by atoms with Gasteiger partial charge in [-0.2, -0.15) is 0 Å². The van der Waals surface area contributed by atoms with E-state index in [1.807, 2.05) is 0 Å². The number of rotatable bonds is 4. The summed E-state index contributed by atoms with van der Waals surface area (Å²) in [7, 11) is 0. The van der Waals surface area contributed by atoms with Gasteiger partial charge in [-0.05, 0) is 44.6 Å². The van der Waals surface area contributed by atoms with Crippen molar-refractivity contribution in [2.75, 3.05) is 6.61 Å². The van der Waals surface area contributed by atoms with Crippen molar-refractivity contribution in [3.63, 3.8) is 0 Å². The lowest BCUT2D eigenvalue weighted by atomic mass is 9.87. The summed E-state index contributed by atoms with van der Waals surface area (Å²) in [4.78, 5) is 0. The van der Waals surface area contributed by atoms with E-state index in [9.17, 15) is 0 Å². The highest BCUT2D eigenvalue weighted by Crippen LogP contribution is 2.41. The van der Waals surface area contributed by atoms with Crippen molar-refractivity contribution in [3.8, 4) is 5.75 Å². The Bertz CT molecular complexity index is 431. The second kappa shape index (κ2) is 4.58.